The standard InChI is InChI=1S/C11H13N3O2S/c1-8-6-9(2-3-11(8)12)14-17(15,16)10-4-5-13-7-10/h2-7,13-14H,12H2,1H3. The summed E-state index contributed by atoms with van der Waals surface area (Å²) >= 11 is 0. The van der Waals surface area contributed by atoms with Crippen LogP contribution < -0.4 is 10.5 Å². The molecule has 1 heterocycles. The summed E-state index contributed by atoms with van der Waals surface area (Å²) in [4.78, 5) is 2.90. The number of rotatable bonds is 3. The summed E-state index contributed by atoms with van der Waals surface area (Å²) in [5.74, 6) is 0. The number of nitrogens with two attached hydrogens (primary N) is 1. The minimum absolute atomic E-state index is 0.201. The zero-order valence-corrected chi connectivity index (χ0v) is 10.1. The summed E-state index contributed by atoms with van der Waals surface area (Å²) in [7, 11) is -3.52. The van der Waals surface area contributed by atoms with Crippen molar-refractivity contribution >= 4 is 21.4 Å². The molecule has 0 aliphatic heterocycles. The van der Waals surface area contributed by atoms with E-state index in [1.165, 1.54) is 12.3 Å². The van der Waals surface area contributed by atoms with E-state index in [-0.39, 0.29) is 4.90 Å². The van der Waals surface area contributed by atoms with Crippen molar-refractivity contribution in [1.82, 2.24) is 4.98 Å². The Bertz CT molecular complexity index is 618. The molecule has 0 aliphatic carbocycles. The Kier molecular flexibility index (Phi) is 2.81. The fourth-order valence-corrected chi connectivity index (χ4v) is 2.45. The first-order chi connectivity index (χ1) is 7.99. The molecule has 0 saturated heterocycles. The van der Waals surface area contributed by atoms with Gasteiger partial charge >= 0.3 is 0 Å². The van der Waals surface area contributed by atoms with Crippen molar-refractivity contribution in [2.75, 3.05) is 10.5 Å². The van der Waals surface area contributed by atoms with Crippen molar-refractivity contribution in [3.63, 3.8) is 0 Å². The van der Waals surface area contributed by atoms with Crippen LogP contribution in [0.5, 0.6) is 0 Å². The number of aryl methyl sites for hydroxylation is 1. The SMILES string of the molecule is Cc1cc(NS(=O)(=O)c2cc[nH]c2)ccc1N. The maximum Gasteiger partial charge on any atom is 0.263 e. The van der Waals surface area contributed by atoms with E-state index in [4.69, 9.17) is 5.73 Å². The second-order valence-corrected chi connectivity index (χ2v) is 5.41. The van der Waals surface area contributed by atoms with Crippen molar-refractivity contribution in [3.8, 4) is 0 Å². The molecule has 0 bridgehead atoms. The maximum atomic E-state index is 11.9. The van der Waals surface area contributed by atoms with Crippen LogP contribution in [-0.4, -0.2) is 13.4 Å². The Hall–Kier alpha value is -1.95. The van der Waals surface area contributed by atoms with Crippen molar-refractivity contribution in [2.24, 2.45) is 0 Å². The third-order valence-electron chi connectivity index (χ3n) is 2.40. The number of nitrogen functional groups attached to an aromatic ring is 1. The van der Waals surface area contributed by atoms with Gasteiger partial charge in [-0.15, -0.1) is 0 Å². The number of hydrogen-bond acceptors (Lipinski definition) is 3. The van der Waals surface area contributed by atoms with Crippen molar-refractivity contribution in [1.29, 1.82) is 0 Å². The molecule has 0 aliphatic rings. The molecule has 90 valence electrons. The van der Waals surface area contributed by atoms with Gasteiger partial charge in [0.25, 0.3) is 10.0 Å². The van der Waals surface area contributed by atoms with Crippen LogP contribution in [0.25, 0.3) is 0 Å². The Morgan fingerprint density at radius 3 is 2.65 bits per heavy atom. The topological polar surface area (TPSA) is 88.0 Å². The van der Waals surface area contributed by atoms with Crippen LogP contribution in [-0.2, 0) is 10.0 Å². The molecule has 0 spiro atoms. The number of aromatic amines is 1. The lowest BCUT2D eigenvalue weighted by atomic mass is 10.2. The van der Waals surface area contributed by atoms with Crippen LogP contribution >= 0.6 is 0 Å². The van der Waals surface area contributed by atoms with Crippen LogP contribution in [0.3, 0.4) is 0 Å². The van der Waals surface area contributed by atoms with Gasteiger partial charge in [-0.3, -0.25) is 4.72 Å². The number of H-pyrrole nitrogens is 1. The predicted molar refractivity (Wildman–Crippen MR) is 67.2 cm³/mol. The minimum atomic E-state index is -3.52. The van der Waals surface area contributed by atoms with E-state index in [1.54, 1.807) is 24.4 Å². The van der Waals surface area contributed by atoms with Gasteiger partial charge in [0, 0.05) is 23.8 Å². The molecule has 0 atom stereocenters. The van der Waals surface area contributed by atoms with Crippen molar-refractivity contribution in [2.45, 2.75) is 11.8 Å². The summed E-state index contributed by atoms with van der Waals surface area (Å²) in [6.45, 7) is 1.82. The molecule has 0 fully saturated rings. The Morgan fingerprint density at radius 1 is 1.29 bits per heavy atom. The summed E-state index contributed by atoms with van der Waals surface area (Å²) in [6, 6.07) is 6.49. The molecule has 1 aromatic carbocycles. The average Bonchev–Trinajstić information content (AvgIpc) is 2.77. The second-order valence-electron chi connectivity index (χ2n) is 3.72. The molecule has 0 radical (unpaired) electrons. The number of sulfonamides is 1. The van der Waals surface area contributed by atoms with Gasteiger partial charge in [0.05, 0.1) is 0 Å². The zero-order valence-electron chi connectivity index (χ0n) is 9.27. The van der Waals surface area contributed by atoms with Gasteiger partial charge in [0.1, 0.15) is 4.90 Å². The molecule has 0 saturated carbocycles. The first kappa shape index (κ1) is 11.5. The van der Waals surface area contributed by atoms with E-state index in [0.717, 1.165) is 5.56 Å². The Balaban J connectivity index is 2.30. The largest absolute Gasteiger partial charge is 0.399 e. The first-order valence-electron chi connectivity index (χ1n) is 5.01. The van der Waals surface area contributed by atoms with Crippen LogP contribution in [0.1, 0.15) is 5.56 Å². The number of nitrogens with one attached hydrogen (secondary N) is 2. The van der Waals surface area contributed by atoms with E-state index in [9.17, 15) is 8.42 Å². The monoisotopic (exact) mass is 251 g/mol. The fraction of sp³-hybridized carbons (Fsp3) is 0.0909. The Morgan fingerprint density at radius 2 is 2.06 bits per heavy atom. The van der Waals surface area contributed by atoms with E-state index in [2.05, 4.69) is 9.71 Å². The van der Waals surface area contributed by atoms with Gasteiger partial charge in [-0.05, 0) is 36.8 Å². The Labute approximate surface area is 99.7 Å². The lowest BCUT2D eigenvalue weighted by Gasteiger charge is -2.08. The average molecular weight is 251 g/mol. The molecule has 0 unspecified atom stereocenters. The summed E-state index contributed by atoms with van der Waals surface area (Å²) in [5, 5.41) is 0. The summed E-state index contributed by atoms with van der Waals surface area (Å²) < 4.78 is 26.3. The highest BCUT2D eigenvalue weighted by Crippen LogP contribution is 2.19. The van der Waals surface area contributed by atoms with Crippen LogP contribution in [0.4, 0.5) is 11.4 Å². The van der Waals surface area contributed by atoms with E-state index < -0.39 is 10.0 Å². The predicted octanol–water partition coefficient (Wildman–Crippen LogP) is 1.71. The summed E-state index contributed by atoms with van der Waals surface area (Å²) in [6.07, 6.45) is 2.98. The van der Waals surface area contributed by atoms with Gasteiger partial charge in [-0.1, -0.05) is 0 Å². The second kappa shape index (κ2) is 4.14. The molecule has 6 heteroatoms. The smallest absolute Gasteiger partial charge is 0.263 e. The highest BCUT2D eigenvalue weighted by molar-refractivity contribution is 7.92. The van der Waals surface area contributed by atoms with E-state index >= 15 is 0 Å². The number of anilines is 2. The van der Waals surface area contributed by atoms with Gasteiger partial charge < -0.3 is 10.7 Å². The highest BCUT2D eigenvalue weighted by atomic mass is 32.2. The van der Waals surface area contributed by atoms with Crippen molar-refractivity contribution < 1.29 is 8.42 Å². The first-order valence-corrected chi connectivity index (χ1v) is 6.49. The molecular formula is C11H13N3O2S. The molecule has 17 heavy (non-hydrogen) atoms. The molecule has 1 aromatic heterocycles. The molecule has 4 N–H and O–H groups in total. The van der Waals surface area contributed by atoms with Gasteiger partial charge in [-0.25, -0.2) is 8.42 Å². The third-order valence-corrected chi connectivity index (χ3v) is 3.78. The zero-order chi connectivity index (χ0) is 12.5. The van der Waals surface area contributed by atoms with Gasteiger partial charge in [0.2, 0.25) is 0 Å². The highest BCUT2D eigenvalue weighted by Gasteiger charge is 2.14. The molecule has 5 nitrogen and oxygen atoms in total. The molecule has 0 amide bonds. The number of hydrogen-bond donors (Lipinski definition) is 3. The van der Waals surface area contributed by atoms with Crippen molar-refractivity contribution in [3.05, 3.63) is 42.2 Å². The molecule has 2 rings (SSSR count). The van der Waals surface area contributed by atoms with Crippen LogP contribution in [0, 0.1) is 6.92 Å². The van der Waals surface area contributed by atoms with Gasteiger partial charge in [0.15, 0.2) is 0 Å². The normalized spacial score (nSPS) is 11.4. The van der Waals surface area contributed by atoms with E-state index in [1.807, 2.05) is 6.92 Å². The van der Waals surface area contributed by atoms with Crippen LogP contribution in [0.2, 0.25) is 0 Å². The fourth-order valence-electron chi connectivity index (χ4n) is 1.43. The number of benzene rings is 1. The lowest BCUT2D eigenvalue weighted by Crippen LogP contribution is -2.12. The molecule has 2 aromatic rings. The summed E-state index contributed by atoms with van der Waals surface area (Å²) in [5.41, 5.74) is 7.63. The molecular weight excluding hydrogens is 238 g/mol. The quantitative estimate of drug-likeness (QED) is 0.725. The maximum absolute atomic E-state index is 11.9. The van der Waals surface area contributed by atoms with Gasteiger partial charge in [-0.2, -0.15) is 0 Å². The minimum Gasteiger partial charge on any atom is -0.399 e. The van der Waals surface area contributed by atoms with Crippen LogP contribution in [0.15, 0.2) is 41.6 Å². The third kappa shape index (κ3) is 2.42. The lowest BCUT2D eigenvalue weighted by molar-refractivity contribution is 0.601. The van der Waals surface area contributed by atoms with E-state index in [0.29, 0.717) is 11.4 Å². The number of aromatic nitrogens is 1.